The van der Waals surface area contributed by atoms with Crippen LogP contribution in [0.25, 0.3) is 0 Å². The van der Waals surface area contributed by atoms with Gasteiger partial charge in [-0.25, -0.2) is 0 Å². The molecule has 0 radical (unpaired) electrons. The minimum atomic E-state index is 0.129. The van der Waals surface area contributed by atoms with E-state index in [1.807, 2.05) is 18.7 Å². The van der Waals surface area contributed by atoms with Gasteiger partial charge in [-0.05, 0) is 32.1 Å². The third kappa shape index (κ3) is 3.20. The minimum Gasteiger partial charge on any atom is -0.396 e. The number of aliphatic hydroxyl groups excluding tert-OH is 1. The highest BCUT2D eigenvalue weighted by Crippen LogP contribution is 2.26. The Morgan fingerprint density at radius 3 is 2.60 bits per heavy atom. The summed E-state index contributed by atoms with van der Waals surface area (Å²) in [5, 5.41) is 8.83. The molecule has 0 heterocycles. The van der Waals surface area contributed by atoms with Crippen LogP contribution in [0.5, 0.6) is 0 Å². The van der Waals surface area contributed by atoms with E-state index in [2.05, 4.69) is 0 Å². The van der Waals surface area contributed by atoms with Crippen LogP contribution in [0.15, 0.2) is 0 Å². The first-order valence-electron chi connectivity index (χ1n) is 6.12. The molecule has 3 nitrogen and oxygen atoms in total. The molecule has 15 heavy (non-hydrogen) atoms. The van der Waals surface area contributed by atoms with Crippen LogP contribution >= 0.6 is 0 Å². The van der Waals surface area contributed by atoms with E-state index in [4.69, 9.17) is 5.11 Å². The fourth-order valence-corrected chi connectivity index (χ4v) is 1.87. The van der Waals surface area contributed by atoms with Crippen molar-refractivity contribution in [1.29, 1.82) is 0 Å². The molecule has 1 atom stereocenters. The number of rotatable bonds is 6. The third-order valence-electron chi connectivity index (χ3n) is 3.39. The van der Waals surface area contributed by atoms with Gasteiger partial charge in [0.15, 0.2) is 0 Å². The van der Waals surface area contributed by atoms with Gasteiger partial charge in [-0.3, -0.25) is 4.79 Å². The molecule has 0 aromatic rings. The minimum absolute atomic E-state index is 0.129. The van der Waals surface area contributed by atoms with E-state index in [1.54, 1.807) is 0 Å². The number of hydrogen-bond donors (Lipinski definition) is 1. The molecule has 1 rings (SSSR count). The second kappa shape index (κ2) is 6.11. The highest BCUT2D eigenvalue weighted by Gasteiger charge is 2.29. The van der Waals surface area contributed by atoms with Crippen LogP contribution in [0.1, 0.15) is 46.0 Å². The molecule has 1 fully saturated rings. The maximum Gasteiger partial charge on any atom is 0.225 e. The Kier molecular flexibility index (Phi) is 5.09. The van der Waals surface area contributed by atoms with Gasteiger partial charge in [0, 0.05) is 25.1 Å². The maximum absolute atomic E-state index is 12.1. The van der Waals surface area contributed by atoms with Gasteiger partial charge in [0.05, 0.1) is 0 Å². The molecule has 1 saturated carbocycles. The number of amides is 1. The van der Waals surface area contributed by atoms with E-state index in [0.29, 0.717) is 12.5 Å². The molecule has 3 heteroatoms. The summed E-state index contributed by atoms with van der Waals surface area (Å²) >= 11 is 0. The lowest BCUT2D eigenvalue weighted by atomic mass is 9.90. The fourth-order valence-electron chi connectivity index (χ4n) is 1.87. The van der Waals surface area contributed by atoms with Crippen molar-refractivity contribution < 1.29 is 9.90 Å². The van der Waals surface area contributed by atoms with Crippen molar-refractivity contribution in [2.45, 2.75) is 52.0 Å². The molecule has 1 unspecified atom stereocenters. The second-order valence-corrected chi connectivity index (χ2v) is 4.50. The van der Waals surface area contributed by atoms with E-state index in [9.17, 15) is 4.79 Å². The van der Waals surface area contributed by atoms with E-state index in [-0.39, 0.29) is 18.4 Å². The molecule has 0 aromatic heterocycles. The van der Waals surface area contributed by atoms with Crippen molar-refractivity contribution in [3.8, 4) is 0 Å². The Balaban J connectivity index is 2.49. The molecule has 0 aliphatic heterocycles. The summed E-state index contributed by atoms with van der Waals surface area (Å²) in [4.78, 5) is 14.1. The summed E-state index contributed by atoms with van der Waals surface area (Å²) in [5.41, 5.74) is 0. The molecular weight excluding hydrogens is 190 g/mol. The Labute approximate surface area is 92.5 Å². The summed E-state index contributed by atoms with van der Waals surface area (Å²) in [5.74, 6) is 0.403. The first-order chi connectivity index (χ1) is 7.20. The van der Waals surface area contributed by atoms with Crippen molar-refractivity contribution in [3.05, 3.63) is 0 Å². The molecule has 0 aromatic carbocycles. The van der Waals surface area contributed by atoms with E-state index >= 15 is 0 Å². The van der Waals surface area contributed by atoms with Crippen LogP contribution < -0.4 is 0 Å². The van der Waals surface area contributed by atoms with Crippen molar-refractivity contribution in [2.24, 2.45) is 5.92 Å². The van der Waals surface area contributed by atoms with Crippen LogP contribution in [0.4, 0.5) is 0 Å². The maximum atomic E-state index is 12.1. The first kappa shape index (κ1) is 12.5. The van der Waals surface area contributed by atoms with Gasteiger partial charge in [0.25, 0.3) is 0 Å². The monoisotopic (exact) mass is 213 g/mol. The molecule has 0 spiro atoms. The summed E-state index contributed by atoms with van der Waals surface area (Å²) in [6.07, 6.45) is 5.15. The fraction of sp³-hybridized carbons (Fsp3) is 0.917. The molecule has 1 amide bonds. The average molecular weight is 213 g/mol. The van der Waals surface area contributed by atoms with Gasteiger partial charge in [-0.15, -0.1) is 0 Å². The Morgan fingerprint density at radius 1 is 1.53 bits per heavy atom. The molecule has 0 saturated heterocycles. The number of carbonyl (C=O) groups excluding carboxylic acids is 1. The summed E-state index contributed by atoms with van der Waals surface area (Å²) < 4.78 is 0. The highest BCUT2D eigenvalue weighted by atomic mass is 16.3. The normalized spacial score (nSPS) is 18.3. The number of hydrogen-bond acceptors (Lipinski definition) is 2. The van der Waals surface area contributed by atoms with Gasteiger partial charge >= 0.3 is 0 Å². The van der Waals surface area contributed by atoms with Crippen molar-refractivity contribution in [3.63, 3.8) is 0 Å². The van der Waals surface area contributed by atoms with Crippen molar-refractivity contribution >= 4 is 5.91 Å². The third-order valence-corrected chi connectivity index (χ3v) is 3.39. The lowest BCUT2D eigenvalue weighted by molar-refractivity contribution is -0.139. The van der Waals surface area contributed by atoms with Crippen molar-refractivity contribution in [1.82, 2.24) is 4.90 Å². The van der Waals surface area contributed by atoms with E-state index in [0.717, 1.165) is 25.8 Å². The van der Waals surface area contributed by atoms with E-state index in [1.165, 1.54) is 6.42 Å². The number of aliphatic hydroxyl groups is 1. The molecule has 1 aliphatic rings. The van der Waals surface area contributed by atoms with E-state index < -0.39 is 0 Å². The predicted octanol–water partition coefficient (Wildman–Crippen LogP) is 1.80. The lowest BCUT2D eigenvalue weighted by Gasteiger charge is -2.39. The second-order valence-electron chi connectivity index (χ2n) is 4.50. The zero-order chi connectivity index (χ0) is 11.3. The topological polar surface area (TPSA) is 40.5 Å². The Hall–Kier alpha value is -0.570. The van der Waals surface area contributed by atoms with Crippen LogP contribution in [-0.2, 0) is 4.79 Å². The van der Waals surface area contributed by atoms with Crippen LogP contribution in [0.2, 0.25) is 0 Å². The molecule has 88 valence electrons. The zero-order valence-electron chi connectivity index (χ0n) is 9.91. The van der Waals surface area contributed by atoms with Gasteiger partial charge in [0.2, 0.25) is 5.91 Å². The molecule has 1 aliphatic carbocycles. The lowest BCUT2D eigenvalue weighted by Crippen LogP contribution is -2.47. The predicted molar refractivity (Wildman–Crippen MR) is 60.5 cm³/mol. The number of nitrogens with zero attached hydrogens (tertiary/aromatic N) is 1. The Bertz CT molecular complexity index is 202. The Morgan fingerprint density at radius 2 is 2.20 bits per heavy atom. The summed E-state index contributed by atoms with van der Waals surface area (Å²) in [7, 11) is 0. The quantitative estimate of drug-likeness (QED) is 0.731. The summed E-state index contributed by atoms with van der Waals surface area (Å²) in [6, 6.07) is 0.457. The smallest absolute Gasteiger partial charge is 0.225 e. The molecule has 0 bridgehead atoms. The SMILES string of the molecule is CCC(C)C(=O)N(CCCO)C1CCC1. The summed E-state index contributed by atoms with van der Waals surface area (Å²) in [6.45, 7) is 4.95. The van der Waals surface area contributed by atoms with Gasteiger partial charge < -0.3 is 10.0 Å². The molecular formula is C12H23NO2. The molecule has 1 N–H and O–H groups in total. The van der Waals surface area contributed by atoms with Crippen LogP contribution in [-0.4, -0.2) is 35.1 Å². The average Bonchev–Trinajstić information content (AvgIpc) is 2.19. The van der Waals surface area contributed by atoms with Gasteiger partial charge in [-0.2, -0.15) is 0 Å². The highest BCUT2D eigenvalue weighted by molar-refractivity contribution is 5.78. The number of carbonyl (C=O) groups is 1. The standard InChI is InChI=1S/C12H23NO2/c1-3-10(2)12(15)13(8-5-9-14)11-6-4-7-11/h10-11,14H,3-9H2,1-2H3. The van der Waals surface area contributed by atoms with Crippen LogP contribution in [0, 0.1) is 5.92 Å². The van der Waals surface area contributed by atoms with Gasteiger partial charge in [0.1, 0.15) is 0 Å². The largest absolute Gasteiger partial charge is 0.396 e. The van der Waals surface area contributed by atoms with Gasteiger partial charge in [-0.1, -0.05) is 13.8 Å². The first-order valence-corrected chi connectivity index (χ1v) is 6.12. The van der Waals surface area contributed by atoms with Crippen LogP contribution in [0.3, 0.4) is 0 Å². The van der Waals surface area contributed by atoms with Crippen molar-refractivity contribution in [2.75, 3.05) is 13.2 Å². The zero-order valence-corrected chi connectivity index (χ0v) is 9.91.